The molecule has 2 heterocycles. The Kier molecular flexibility index (Phi) is 5.50. The maximum absolute atomic E-state index is 14.6. The van der Waals surface area contributed by atoms with Crippen LogP contribution in [0.5, 0.6) is 0 Å². The largest absolute Gasteiger partial charge is 0.385 e. The zero-order chi connectivity index (χ0) is 19.8. The Morgan fingerprint density at radius 3 is 2.45 bits per heavy atom. The molecule has 3 aliphatic rings. The highest BCUT2D eigenvalue weighted by Gasteiger charge is 2.54. The number of fused-ring (bicyclic) bond motifs is 1. The summed E-state index contributed by atoms with van der Waals surface area (Å²) >= 11 is 3.50. The molecule has 2 aromatic carbocycles. The Hall–Kier alpha value is -1.63. The number of rotatable bonds is 6. The van der Waals surface area contributed by atoms with Crippen LogP contribution in [0, 0.1) is 23.6 Å². The molecule has 0 amide bonds. The summed E-state index contributed by atoms with van der Waals surface area (Å²) < 4.78 is 21.0. The Morgan fingerprint density at radius 2 is 1.76 bits per heavy atom. The fraction of sp³-hybridized carbons (Fsp3) is 0.478. The number of benzene rings is 2. The molecule has 2 unspecified atom stereocenters. The second-order valence-corrected chi connectivity index (χ2v) is 9.37. The van der Waals surface area contributed by atoms with Gasteiger partial charge in [-0.3, -0.25) is 4.90 Å². The summed E-state index contributed by atoms with van der Waals surface area (Å²) in [5.74, 6) is 2.15. The minimum Gasteiger partial charge on any atom is -0.385 e. The van der Waals surface area contributed by atoms with Gasteiger partial charge in [0.1, 0.15) is 5.82 Å². The van der Waals surface area contributed by atoms with Gasteiger partial charge in [-0.1, -0.05) is 28.1 Å². The predicted octanol–water partition coefficient (Wildman–Crippen LogP) is 4.21. The molecule has 0 spiro atoms. The summed E-state index contributed by atoms with van der Waals surface area (Å²) in [7, 11) is 0. The van der Waals surface area contributed by atoms with Crippen molar-refractivity contribution in [3.05, 3.63) is 58.3 Å². The lowest BCUT2D eigenvalue weighted by atomic mass is 10.2. The van der Waals surface area contributed by atoms with Gasteiger partial charge >= 0.3 is 0 Å². The first-order chi connectivity index (χ1) is 14.2. The molecule has 5 rings (SSSR count). The van der Waals surface area contributed by atoms with E-state index in [0.29, 0.717) is 18.9 Å². The molecule has 4 nitrogen and oxygen atoms in total. The molecule has 2 aliphatic heterocycles. The molecule has 3 fully saturated rings. The molecule has 1 saturated carbocycles. The summed E-state index contributed by atoms with van der Waals surface area (Å²) in [5, 5.41) is 3.47. The van der Waals surface area contributed by atoms with Crippen molar-refractivity contribution in [2.45, 2.75) is 6.54 Å². The number of nitrogens with zero attached hydrogens (tertiary/aromatic N) is 2. The minimum atomic E-state index is -0.145. The summed E-state index contributed by atoms with van der Waals surface area (Å²) in [6.07, 6.45) is 0. The molecule has 0 bridgehead atoms. The van der Waals surface area contributed by atoms with Gasteiger partial charge < -0.3 is 15.0 Å². The van der Waals surface area contributed by atoms with Crippen molar-refractivity contribution in [3.8, 4) is 0 Å². The van der Waals surface area contributed by atoms with Gasteiger partial charge in [0, 0.05) is 49.4 Å². The number of halogens is 2. The van der Waals surface area contributed by atoms with E-state index in [2.05, 4.69) is 55.3 Å². The van der Waals surface area contributed by atoms with E-state index in [1.54, 1.807) is 6.07 Å². The van der Waals surface area contributed by atoms with Gasteiger partial charge in [0.05, 0.1) is 18.9 Å². The summed E-state index contributed by atoms with van der Waals surface area (Å²) in [6.45, 7) is 7.19. The zero-order valence-electron chi connectivity index (χ0n) is 16.5. The molecule has 0 radical (unpaired) electrons. The number of hydrogen-bond acceptors (Lipinski definition) is 4. The van der Waals surface area contributed by atoms with Gasteiger partial charge in [0.25, 0.3) is 0 Å². The molecule has 2 aromatic rings. The van der Waals surface area contributed by atoms with Gasteiger partial charge in [-0.15, -0.1) is 0 Å². The first kappa shape index (κ1) is 19.3. The van der Waals surface area contributed by atoms with Crippen molar-refractivity contribution in [1.29, 1.82) is 0 Å². The monoisotopic (exact) mass is 459 g/mol. The Balaban J connectivity index is 1.09. The van der Waals surface area contributed by atoms with Crippen LogP contribution in [0.1, 0.15) is 5.56 Å². The maximum atomic E-state index is 14.6. The molecular formula is C23H27BrFN3O. The fourth-order valence-electron chi connectivity index (χ4n) is 4.93. The number of ether oxygens (including phenoxy) is 1. The Morgan fingerprint density at radius 1 is 1.03 bits per heavy atom. The fourth-order valence-corrected chi connectivity index (χ4v) is 5.19. The molecule has 6 heteroatoms. The quantitative estimate of drug-likeness (QED) is 0.699. The number of hydrogen-bond donors (Lipinski definition) is 1. The van der Waals surface area contributed by atoms with E-state index in [1.165, 1.54) is 18.7 Å². The SMILES string of the molecule is Fc1cc(NCC2C3CN(Cc4ccc(Br)cc4)CC23)ccc1N1CCOCC1. The molecule has 2 atom stereocenters. The Bertz CT molecular complexity index is 844. The van der Waals surface area contributed by atoms with Crippen LogP contribution in [0.2, 0.25) is 0 Å². The number of piperidine rings is 1. The molecule has 2 saturated heterocycles. The first-order valence-corrected chi connectivity index (χ1v) is 11.3. The zero-order valence-corrected chi connectivity index (χ0v) is 18.1. The number of anilines is 2. The van der Waals surface area contributed by atoms with E-state index < -0.39 is 0 Å². The van der Waals surface area contributed by atoms with Crippen molar-refractivity contribution in [2.75, 3.05) is 56.2 Å². The average Bonchev–Trinajstić information content (AvgIpc) is 3.19. The second kappa shape index (κ2) is 8.25. The van der Waals surface area contributed by atoms with Crippen LogP contribution in [0.15, 0.2) is 46.9 Å². The van der Waals surface area contributed by atoms with Crippen molar-refractivity contribution >= 4 is 27.3 Å². The maximum Gasteiger partial charge on any atom is 0.148 e. The normalized spacial score (nSPS) is 26.4. The van der Waals surface area contributed by atoms with E-state index in [4.69, 9.17) is 4.74 Å². The highest BCUT2D eigenvalue weighted by molar-refractivity contribution is 9.10. The van der Waals surface area contributed by atoms with Gasteiger partial charge in [-0.25, -0.2) is 4.39 Å². The standard InChI is InChI=1S/C23H27BrFN3O/c24-17-3-1-16(2-4-17)13-27-14-20-19(21(20)15-27)12-26-18-5-6-23(22(25)11-18)28-7-9-29-10-8-28/h1-6,11,19-21,26H,7-10,12-15H2. The average molecular weight is 460 g/mol. The third kappa shape index (κ3) is 4.30. The van der Waals surface area contributed by atoms with Crippen molar-refractivity contribution in [3.63, 3.8) is 0 Å². The molecule has 0 aromatic heterocycles. The van der Waals surface area contributed by atoms with Crippen molar-refractivity contribution in [2.24, 2.45) is 17.8 Å². The molecule has 154 valence electrons. The van der Waals surface area contributed by atoms with Crippen LogP contribution in [-0.2, 0) is 11.3 Å². The lowest BCUT2D eigenvalue weighted by Crippen LogP contribution is -2.36. The number of nitrogens with one attached hydrogen (secondary N) is 1. The molecule has 29 heavy (non-hydrogen) atoms. The Labute approximate surface area is 180 Å². The van der Waals surface area contributed by atoms with E-state index in [-0.39, 0.29) is 5.82 Å². The highest BCUT2D eigenvalue weighted by Crippen LogP contribution is 2.51. The van der Waals surface area contributed by atoms with Crippen LogP contribution < -0.4 is 10.2 Å². The first-order valence-electron chi connectivity index (χ1n) is 10.5. The van der Waals surface area contributed by atoms with Crippen molar-refractivity contribution < 1.29 is 9.13 Å². The van der Waals surface area contributed by atoms with E-state index in [9.17, 15) is 4.39 Å². The third-order valence-electron chi connectivity index (χ3n) is 6.61. The van der Waals surface area contributed by atoms with Crippen LogP contribution in [0.4, 0.5) is 15.8 Å². The van der Waals surface area contributed by atoms with Crippen LogP contribution in [-0.4, -0.2) is 50.8 Å². The second-order valence-electron chi connectivity index (χ2n) is 8.46. The van der Waals surface area contributed by atoms with Crippen molar-refractivity contribution in [1.82, 2.24) is 4.90 Å². The minimum absolute atomic E-state index is 0.145. The van der Waals surface area contributed by atoms with Gasteiger partial charge in [0.15, 0.2) is 0 Å². The van der Waals surface area contributed by atoms with Crippen LogP contribution >= 0.6 is 15.9 Å². The lowest BCUT2D eigenvalue weighted by molar-refractivity contribution is 0.122. The molecule has 1 N–H and O–H groups in total. The third-order valence-corrected chi connectivity index (χ3v) is 7.14. The lowest BCUT2D eigenvalue weighted by Gasteiger charge is -2.29. The number of morpholine rings is 1. The number of likely N-dealkylation sites (tertiary alicyclic amines) is 1. The van der Waals surface area contributed by atoms with E-state index in [1.807, 2.05) is 12.1 Å². The van der Waals surface area contributed by atoms with Gasteiger partial charge in [-0.05, 0) is 53.6 Å². The molecule has 1 aliphatic carbocycles. The smallest absolute Gasteiger partial charge is 0.148 e. The predicted molar refractivity (Wildman–Crippen MR) is 118 cm³/mol. The van der Waals surface area contributed by atoms with E-state index >= 15 is 0 Å². The van der Waals surface area contributed by atoms with E-state index in [0.717, 1.165) is 54.1 Å². The summed E-state index contributed by atoms with van der Waals surface area (Å²) in [6, 6.07) is 14.2. The van der Waals surface area contributed by atoms with Crippen LogP contribution in [0.3, 0.4) is 0 Å². The van der Waals surface area contributed by atoms with Gasteiger partial charge in [0.2, 0.25) is 0 Å². The van der Waals surface area contributed by atoms with Crippen LogP contribution in [0.25, 0.3) is 0 Å². The van der Waals surface area contributed by atoms with Gasteiger partial charge in [-0.2, -0.15) is 0 Å². The topological polar surface area (TPSA) is 27.7 Å². The highest BCUT2D eigenvalue weighted by atomic mass is 79.9. The summed E-state index contributed by atoms with van der Waals surface area (Å²) in [4.78, 5) is 4.62. The summed E-state index contributed by atoms with van der Waals surface area (Å²) in [5.41, 5.74) is 2.95. The molecular weight excluding hydrogens is 433 g/mol.